The number of guanidine groups is 1. The highest BCUT2D eigenvalue weighted by atomic mass is 127. The minimum Gasteiger partial charge on any atom is -0.376 e. The van der Waals surface area contributed by atoms with E-state index < -0.39 is 0 Å². The molecule has 0 spiro atoms. The number of likely N-dealkylation sites (N-methyl/N-ethyl adjacent to an activating group) is 1. The number of benzene rings is 1. The standard InChI is InChI=1S/C19H30N4O2.HI/c1-3-20-18(24)12-22-19(21-4-2)23-11-10-17(13-23)15-25-14-16-8-6-5-7-9-16;/h5-9,17H,3-4,10-15H2,1-2H3,(H,20,24)(H,21,22);1H. The maximum atomic E-state index is 11.6. The minimum atomic E-state index is -0.0418. The topological polar surface area (TPSA) is 66.0 Å². The van der Waals surface area contributed by atoms with Gasteiger partial charge >= 0.3 is 0 Å². The summed E-state index contributed by atoms with van der Waals surface area (Å²) in [7, 11) is 0. The summed E-state index contributed by atoms with van der Waals surface area (Å²) < 4.78 is 5.87. The fraction of sp³-hybridized carbons (Fsp3) is 0.579. The van der Waals surface area contributed by atoms with Crippen molar-refractivity contribution in [1.29, 1.82) is 0 Å². The van der Waals surface area contributed by atoms with Crippen molar-refractivity contribution in [3.8, 4) is 0 Å². The molecular formula is C19H31IN4O2. The number of nitrogens with one attached hydrogen (secondary N) is 2. The Labute approximate surface area is 173 Å². The first-order valence-electron chi connectivity index (χ1n) is 9.14. The summed E-state index contributed by atoms with van der Waals surface area (Å²) >= 11 is 0. The van der Waals surface area contributed by atoms with Crippen LogP contribution in [-0.2, 0) is 16.1 Å². The monoisotopic (exact) mass is 474 g/mol. The van der Waals surface area contributed by atoms with Gasteiger partial charge in [0, 0.05) is 32.1 Å². The lowest BCUT2D eigenvalue weighted by Gasteiger charge is -2.21. The van der Waals surface area contributed by atoms with E-state index in [4.69, 9.17) is 4.74 Å². The molecule has 0 radical (unpaired) electrons. The fourth-order valence-corrected chi connectivity index (χ4v) is 2.90. The molecule has 1 aliphatic rings. The molecule has 1 saturated heterocycles. The first-order chi connectivity index (χ1) is 12.2. The van der Waals surface area contributed by atoms with E-state index in [1.165, 1.54) is 5.56 Å². The van der Waals surface area contributed by atoms with E-state index in [9.17, 15) is 4.79 Å². The molecule has 0 aliphatic carbocycles. The molecule has 0 aromatic heterocycles. The molecule has 1 amide bonds. The lowest BCUT2D eigenvalue weighted by molar-refractivity contribution is -0.119. The van der Waals surface area contributed by atoms with Gasteiger partial charge in [0.2, 0.25) is 5.91 Å². The summed E-state index contributed by atoms with van der Waals surface area (Å²) in [5.41, 5.74) is 1.20. The van der Waals surface area contributed by atoms with Gasteiger partial charge in [0.15, 0.2) is 5.96 Å². The second-order valence-corrected chi connectivity index (χ2v) is 6.23. The van der Waals surface area contributed by atoms with E-state index in [0.29, 0.717) is 19.1 Å². The van der Waals surface area contributed by atoms with Crippen LogP contribution >= 0.6 is 24.0 Å². The highest BCUT2D eigenvalue weighted by Crippen LogP contribution is 2.17. The Kier molecular flexibility index (Phi) is 11.3. The molecular weight excluding hydrogens is 443 g/mol. The molecule has 6 nitrogen and oxygen atoms in total. The van der Waals surface area contributed by atoms with Crippen LogP contribution in [0, 0.1) is 5.92 Å². The van der Waals surface area contributed by atoms with Crippen molar-refractivity contribution >= 4 is 35.8 Å². The van der Waals surface area contributed by atoms with Crippen LogP contribution in [0.1, 0.15) is 25.8 Å². The van der Waals surface area contributed by atoms with Crippen LogP contribution in [0.25, 0.3) is 0 Å². The molecule has 1 aromatic rings. The Morgan fingerprint density at radius 3 is 2.65 bits per heavy atom. The number of amides is 1. The van der Waals surface area contributed by atoms with Gasteiger partial charge in [-0.3, -0.25) is 4.79 Å². The summed E-state index contributed by atoms with van der Waals surface area (Å²) in [6, 6.07) is 10.2. The number of carbonyl (C=O) groups excluding carboxylic acids is 1. The van der Waals surface area contributed by atoms with Crippen LogP contribution in [-0.4, -0.2) is 56.1 Å². The summed E-state index contributed by atoms with van der Waals surface area (Å²) in [6.45, 7) is 8.81. The van der Waals surface area contributed by atoms with Gasteiger partial charge in [0.25, 0.3) is 0 Å². The quantitative estimate of drug-likeness (QED) is 0.345. The van der Waals surface area contributed by atoms with Crippen molar-refractivity contribution in [2.45, 2.75) is 26.9 Å². The zero-order chi connectivity index (χ0) is 17.9. The van der Waals surface area contributed by atoms with Gasteiger partial charge in [-0.15, -0.1) is 24.0 Å². The number of hydrogen-bond donors (Lipinski definition) is 2. The molecule has 26 heavy (non-hydrogen) atoms. The number of aliphatic imine (C=N–C) groups is 1. The van der Waals surface area contributed by atoms with Crippen LogP contribution in [0.4, 0.5) is 0 Å². The summed E-state index contributed by atoms with van der Waals surface area (Å²) in [6.07, 6.45) is 1.08. The molecule has 1 aromatic carbocycles. The zero-order valence-electron chi connectivity index (χ0n) is 15.7. The Morgan fingerprint density at radius 1 is 1.23 bits per heavy atom. The lowest BCUT2D eigenvalue weighted by Crippen LogP contribution is -2.41. The lowest BCUT2D eigenvalue weighted by atomic mass is 10.1. The molecule has 1 aliphatic heterocycles. The number of likely N-dealkylation sites (tertiary alicyclic amines) is 1. The van der Waals surface area contributed by atoms with Gasteiger partial charge in [-0.05, 0) is 25.8 Å². The number of hydrogen-bond acceptors (Lipinski definition) is 3. The van der Waals surface area contributed by atoms with Gasteiger partial charge in [0.1, 0.15) is 6.54 Å². The average Bonchev–Trinajstić information content (AvgIpc) is 3.08. The Balaban J connectivity index is 0.00000338. The van der Waals surface area contributed by atoms with Gasteiger partial charge in [0.05, 0.1) is 13.2 Å². The van der Waals surface area contributed by atoms with Crippen molar-refractivity contribution in [2.75, 3.05) is 39.3 Å². The summed E-state index contributed by atoms with van der Waals surface area (Å²) in [5.74, 6) is 1.27. The van der Waals surface area contributed by atoms with Gasteiger partial charge in [-0.25, -0.2) is 4.99 Å². The van der Waals surface area contributed by atoms with Gasteiger partial charge in [-0.2, -0.15) is 0 Å². The highest BCUT2D eigenvalue weighted by molar-refractivity contribution is 14.0. The summed E-state index contributed by atoms with van der Waals surface area (Å²) in [4.78, 5) is 18.3. The molecule has 146 valence electrons. The van der Waals surface area contributed by atoms with Gasteiger partial charge < -0.3 is 20.3 Å². The van der Waals surface area contributed by atoms with E-state index in [2.05, 4.69) is 32.7 Å². The molecule has 0 bridgehead atoms. The van der Waals surface area contributed by atoms with Crippen molar-refractivity contribution in [3.63, 3.8) is 0 Å². The van der Waals surface area contributed by atoms with E-state index in [-0.39, 0.29) is 36.4 Å². The SMILES string of the molecule is CCNC(=O)CN=C(NCC)N1CCC(COCc2ccccc2)C1.I. The average molecular weight is 474 g/mol. The first kappa shape index (κ1) is 22.7. The van der Waals surface area contributed by atoms with Crippen molar-refractivity contribution in [3.05, 3.63) is 35.9 Å². The Bertz CT molecular complexity index is 554. The van der Waals surface area contributed by atoms with Crippen molar-refractivity contribution in [2.24, 2.45) is 10.9 Å². The third-order valence-corrected chi connectivity index (χ3v) is 4.13. The third kappa shape index (κ3) is 7.90. The van der Waals surface area contributed by atoms with Crippen molar-refractivity contribution in [1.82, 2.24) is 15.5 Å². The second kappa shape index (κ2) is 12.9. The van der Waals surface area contributed by atoms with E-state index in [1.807, 2.05) is 32.0 Å². The predicted octanol–water partition coefficient (Wildman–Crippen LogP) is 2.24. The third-order valence-electron chi connectivity index (χ3n) is 4.13. The molecule has 1 unspecified atom stereocenters. The van der Waals surface area contributed by atoms with Crippen molar-refractivity contribution < 1.29 is 9.53 Å². The maximum Gasteiger partial charge on any atom is 0.241 e. The van der Waals surface area contributed by atoms with Crippen LogP contribution in [0.2, 0.25) is 0 Å². The van der Waals surface area contributed by atoms with Crippen LogP contribution in [0.3, 0.4) is 0 Å². The molecule has 1 heterocycles. The molecule has 7 heteroatoms. The fourth-order valence-electron chi connectivity index (χ4n) is 2.90. The Hall–Kier alpha value is -1.35. The predicted molar refractivity (Wildman–Crippen MR) is 116 cm³/mol. The number of nitrogens with zero attached hydrogens (tertiary/aromatic N) is 2. The number of carbonyl (C=O) groups is 1. The number of rotatable bonds is 8. The highest BCUT2D eigenvalue weighted by Gasteiger charge is 2.25. The molecule has 2 rings (SSSR count). The molecule has 1 fully saturated rings. The first-order valence-corrected chi connectivity index (χ1v) is 9.14. The maximum absolute atomic E-state index is 11.6. The largest absolute Gasteiger partial charge is 0.376 e. The number of halogens is 1. The van der Waals surface area contributed by atoms with Crippen LogP contribution < -0.4 is 10.6 Å². The second-order valence-electron chi connectivity index (χ2n) is 6.23. The molecule has 2 N–H and O–H groups in total. The number of ether oxygens (including phenoxy) is 1. The van der Waals surface area contributed by atoms with Crippen LogP contribution in [0.5, 0.6) is 0 Å². The molecule has 0 saturated carbocycles. The van der Waals surface area contributed by atoms with E-state index in [1.54, 1.807) is 0 Å². The van der Waals surface area contributed by atoms with E-state index in [0.717, 1.165) is 38.6 Å². The molecule has 1 atom stereocenters. The minimum absolute atomic E-state index is 0. The Morgan fingerprint density at radius 2 is 1.96 bits per heavy atom. The zero-order valence-corrected chi connectivity index (χ0v) is 18.1. The van der Waals surface area contributed by atoms with E-state index >= 15 is 0 Å². The van der Waals surface area contributed by atoms with Crippen LogP contribution in [0.15, 0.2) is 35.3 Å². The van der Waals surface area contributed by atoms with Gasteiger partial charge in [-0.1, -0.05) is 30.3 Å². The smallest absolute Gasteiger partial charge is 0.241 e. The normalized spacial score (nSPS) is 16.9. The summed E-state index contributed by atoms with van der Waals surface area (Å²) in [5, 5.41) is 6.05.